The van der Waals surface area contributed by atoms with E-state index in [-0.39, 0.29) is 42.2 Å². The number of benzene rings is 3. The number of nitrogens with one attached hydrogen (secondary N) is 3. The number of hydrogen-bond acceptors (Lipinski definition) is 3. The van der Waals surface area contributed by atoms with Gasteiger partial charge in [-0.1, -0.05) is 72.8 Å². The van der Waals surface area contributed by atoms with Crippen molar-refractivity contribution in [2.75, 3.05) is 5.32 Å². The van der Waals surface area contributed by atoms with Crippen molar-refractivity contribution in [1.29, 1.82) is 0 Å². The van der Waals surface area contributed by atoms with E-state index < -0.39 is 6.04 Å². The van der Waals surface area contributed by atoms with Crippen LogP contribution in [0, 0.1) is 0 Å². The predicted octanol–water partition coefficient (Wildman–Crippen LogP) is 5.46. The molecule has 36 heavy (non-hydrogen) atoms. The second-order valence-electron chi connectivity index (χ2n) is 8.19. The SMILES string of the molecule is Cl.Cl.NC(C(=O)Nc1ccc(-c2c[nH]c(=O)c3[nH]ccc23)cc1)C(c1ccccc1)c1ccccc1. The number of fused-ring (bicyclic) bond motifs is 1. The summed E-state index contributed by atoms with van der Waals surface area (Å²) in [4.78, 5) is 30.9. The van der Waals surface area contributed by atoms with Gasteiger partial charge in [0.05, 0.1) is 6.04 Å². The number of hydrogen-bond donors (Lipinski definition) is 4. The third-order valence-corrected chi connectivity index (χ3v) is 6.05. The minimum absolute atomic E-state index is 0. The molecule has 0 radical (unpaired) electrons. The van der Waals surface area contributed by atoms with E-state index in [0.717, 1.165) is 27.6 Å². The zero-order chi connectivity index (χ0) is 23.5. The first-order chi connectivity index (χ1) is 16.6. The lowest BCUT2D eigenvalue weighted by Crippen LogP contribution is -2.41. The van der Waals surface area contributed by atoms with Gasteiger partial charge in [-0.2, -0.15) is 0 Å². The Kier molecular flexibility index (Phi) is 8.72. The van der Waals surface area contributed by atoms with Crippen molar-refractivity contribution in [2.45, 2.75) is 12.0 Å². The van der Waals surface area contributed by atoms with Crippen LogP contribution in [0.5, 0.6) is 0 Å². The van der Waals surface area contributed by atoms with Crippen molar-refractivity contribution in [2.24, 2.45) is 5.73 Å². The highest BCUT2D eigenvalue weighted by Gasteiger charge is 2.27. The van der Waals surface area contributed by atoms with Gasteiger partial charge in [0, 0.05) is 34.9 Å². The van der Waals surface area contributed by atoms with Gasteiger partial charge in [-0.15, -0.1) is 24.8 Å². The van der Waals surface area contributed by atoms with Crippen LogP contribution in [-0.4, -0.2) is 21.9 Å². The molecule has 1 unspecified atom stereocenters. The number of H-pyrrole nitrogens is 2. The number of amides is 1. The molecule has 5 N–H and O–H groups in total. The summed E-state index contributed by atoms with van der Waals surface area (Å²) in [5, 5.41) is 3.80. The van der Waals surface area contributed by atoms with Gasteiger partial charge >= 0.3 is 0 Å². The average molecular weight is 521 g/mol. The molecule has 0 saturated heterocycles. The number of aromatic amines is 2. The molecule has 0 fully saturated rings. The molecule has 0 saturated carbocycles. The summed E-state index contributed by atoms with van der Waals surface area (Å²) in [6, 6.07) is 28.3. The van der Waals surface area contributed by atoms with Crippen molar-refractivity contribution in [3.8, 4) is 11.1 Å². The molecule has 1 amide bonds. The van der Waals surface area contributed by atoms with Crippen LogP contribution in [-0.2, 0) is 4.79 Å². The van der Waals surface area contributed by atoms with E-state index in [4.69, 9.17) is 5.73 Å². The van der Waals surface area contributed by atoms with Crippen LogP contribution in [0.4, 0.5) is 5.69 Å². The standard InChI is InChI=1S/C28H24N4O2.2ClH/c29-25(24(19-7-3-1-4-8-19)20-9-5-2-6-10-20)27(33)32-21-13-11-18(12-14-21)23-17-31-28(34)26-22(23)15-16-30-26;;/h1-17,24-25,30H,29H2,(H,31,34)(H,32,33);2*1H. The van der Waals surface area contributed by atoms with Crippen molar-refractivity contribution in [1.82, 2.24) is 9.97 Å². The minimum atomic E-state index is -0.775. The summed E-state index contributed by atoms with van der Waals surface area (Å²) in [5.74, 6) is -0.535. The molecule has 0 aliphatic carbocycles. The summed E-state index contributed by atoms with van der Waals surface area (Å²) in [6.07, 6.45) is 3.45. The predicted molar refractivity (Wildman–Crippen MR) is 150 cm³/mol. The molecule has 5 aromatic rings. The summed E-state index contributed by atoms with van der Waals surface area (Å²) < 4.78 is 0. The molecule has 5 rings (SSSR count). The van der Waals surface area contributed by atoms with Crippen LogP contribution >= 0.6 is 24.8 Å². The Balaban J connectivity index is 0.00000180. The number of carbonyl (C=O) groups is 1. The van der Waals surface area contributed by atoms with Crippen LogP contribution in [0.25, 0.3) is 22.0 Å². The van der Waals surface area contributed by atoms with E-state index in [9.17, 15) is 9.59 Å². The lowest BCUT2D eigenvalue weighted by Gasteiger charge is -2.24. The van der Waals surface area contributed by atoms with E-state index >= 15 is 0 Å². The van der Waals surface area contributed by atoms with Gasteiger partial charge in [0.25, 0.3) is 5.56 Å². The maximum Gasteiger partial charge on any atom is 0.272 e. The van der Waals surface area contributed by atoms with Gasteiger partial charge in [0.1, 0.15) is 5.52 Å². The molecule has 0 bridgehead atoms. The number of carbonyl (C=O) groups excluding carboxylic acids is 1. The zero-order valence-corrected chi connectivity index (χ0v) is 20.8. The van der Waals surface area contributed by atoms with Gasteiger partial charge in [0.2, 0.25) is 5.91 Å². The number of nitrogens with two attached hydrogens (primary N) is 1. The first-order valence-corrected chi connectivity index (χ1v) is 11.1. The Morgan fingerprint density at radius 3 is 1.94 bits per heavy atom. The van der Waals surface area contributed by atoms with Crippen LogP contribution in [0.3, 0.4) is 0 Å². The van der Waals surface area contributed by atoms with Gasteiger partial charge in [-0.3, -0.25) is 9.59 Å². The number of aromatic nitrogens is 2. The van der Waals surface area contributed by atoms with Gasteiger partial charge in [0.15, 0.2) is 0 Å². The van der Waals surface area contributed by atoms with E-state index in [1.54, 1.807) is 12.4 Å². The number of anilines is 1. The molecular formula is C28H26Cl2N4O2. The molecule has 0 aliphatic heterocycles. The van der Waals surface area contributed by atoms with Crippen molar-refractivity contribution < 1.29 is 4.79 Å². The molecule has 8 heteroatoms. The molecule has 0 spiro atoms. The molecular weight excluding hydrogens is 495 g/mol. The largest absolute Gasteiger partial charge is 0.357 e. The van der Waals surface area contributed by atoms with E-state index in [0.29, 0.717) is 11.2 Å². The summed E-state index contributed by atoms with van der Waals surface area (Å²) in [5.41, 5.74) is 11.3. The third-order valence-electron chi connectivity index (χ3n) is 6.05. The maximum absolute atomic E-state index is 13.2. The van der Waals surface area contributed by atoms with Crippen LogP contribution in [0.1, 0.15) is 17.0 Å². The van der Waals surface area contributed by atoms with Gasteiger partial charge in [-0.25, -0.2) is 0 Å². The summed E-state index contributed by atoms with van der Waals surface area (Å²) in [7, 11) is 0. The fraction of sp³-hybridized carbons (Fsp3) is 0.0714. The van der Waals surface area contributed by atoms with Crippen molar-refractivity contribution in [3.63, 3.8) is 0 Å². The fourth-order valence-electron chi connectivity index (χ4n) is 4.35. The van der Waals surface area contributed by atoms with Gasteiger partial charge in [-0.05, 0) is 34.9 Å². The van der Waals surface area contributed by atoms with E-state index in [2.05, 4.69) is 15.3 Å². The first kappa shape index (κ1) is 26.8. The summed E-state index contributed by atoms with van der Waals surface area (Å²) in [6.45, 7) is 0. The number of pyridine rings is 1. The van der Waals surface area contributed by atoms with Crippen LogP contribution in [0.15, 0.2) is 108 Å². The summed E-state index contributed by atoms with van der Waals surface area (Å²) >= 11 is 0. The third kappa shape index (κ3) is 5.36. The Bertz CT molecular complexity index is 1440. The Morgan fingerprint density at radius 2 is 1.36 bits per heavy atom. The maximum atomic E-state index is 13.2. The Labute approximate surface area is 220 Å². The average Bonchev–Trinajstić information content (AvgIpc) is 3.37. The quantitative estimate of drug-likeness (QED) is 0.238. The van der Waals surface area contributed by atoms with Crippen LogP contribution in [0.2, 0.25) is 0 Å². The topological polar surface area (TPSA) is 104 Å². The molecule has 184 valence electrons. The fourth-order valence-corrected chi connectivity index (χ4v) is 4.35. The highest BCUT2D eigenvalue weighted by molar-refractivity contribution is 5.97. The first-order valence-electron chi connectivity index (χ1n) is 11.1. The lowest BCUT2D eigenvalue weighted by atomic mass is 9.85. The van der Waals surface area contributed by atoms with E-state index in [1.807, 2.05) is 91.0 Å². The molecule has 2 aromatic heterocycles. The van der Waals surface area contributed by atoms with Crippen LogP contribution < -0.4 is 16.6 Å². The minimum Gasteiger partial charge on any atom is -0.357 e. The second-order valence-corrected chi connectivity index (χ2v) is 8.19. The molecule has 0 aliphatic rings. The highest BCUT2D eigenvalue weighted by atomic mass is 35.5. The lowest BCUT2D eigenvalue weighted by molar-refractivity contribution is -0.117. The highest BCUT2D eigenvalue weighted by Crippen LogP contribution is 2.29. The van der Waals surface area contributed by atoms with Crippen molar-refractivity contribution in [3.05, 3.63) is 125 Å². The normalized spacial score (nSPS) is 11.4. The number of rotatable bonds is 6. The van der Waals surface area contributed by atoms with Gasteiger partial charge < -0.3 is 21.0 Å². The molecule has 2 heterocycles. The Hall–Kier alpha value is -3.84. The van der Waals surface area contributed by atoms with Crippen molar-refractivity contribution >= 4 is 47.3 Å². The smallest absolute Gasteiger partial charge is 0.272 e. The zero-order valence-electron chi connectivity index (χ0n) is 19.2. The Morgan fingerprint density at radius 1 is 0.778 bits per heavy atom. The molecule has 6 nitrogen and oxygen atoms in total. The van der Waals surface area contributed by atoms with E-state index in [1.165, 1.54) is 0 Å². The monoisotopic (exact) mass is 520 g/mol. The second kappa shape index (κ2) is 11.7. The molecule has 3 aromatic carbocycles. The molecule has 1 atom stereocenters. The number of halogens is 2.